The van der Waals surface area contributed by atoms with Gasteiger partial charge >= 0.3 is 0 Å². The van der Waals surface area contributed by atoms with E-state index in [4.69, 9.17) is 0 Å². The molecule has 1 saturated carbocycles. The van der Waals surface area contributed by atoms with Crippen LogP contribution in [0.2, 0.25) is 0 Å². The van der Waals surface area contributed by atoms with Gasteiger partial charge in [-0.15, -0.1) is 0 Å². The molecule has 1 aromatic carbocycles. The van der Waals surface area contributed by atoms with E-state index in [0.717, 1.165) is 12.1 Å². The average Bonchev–Trinajstić information content (AvgIpc) is 2.38. The first-order valence-corrected chi connectivity index (χ1v) is 6.70. The molecule has 1 amide bonds. The maximum atomic E-state index is 11.1. The van der Waals surface area contributed by atoms with E-state index in [1.54, 1.807) is 16.3 Å². The van der Waals surface area contributed by atoms with Crippen molar-refractivity contribution in [2.24, 2.45) is 0 Å². The fourth-order valence-electron chi connectivity index (χ4n) is 2.05. The molecule has 16 heavy (non-hydrogen) atoms. The van der Waals surface area contributed by atoms with Crippen molar-refractivity contribution < 1.29 is 4.79 Å². The van der Waals surface area contributed by atoms with Crippen LogP contribution in [0.3, 0.4) is 0 Å². The van der Waals surface area contributed by atoms with E-state index >= 15 is 0 Å². The van der Waals surface area contributed by atoms with Gasteiger partial charge in [0, 0.05) is 5.25 Å². The fourth-order valence-corrected chi connectivity index (χ4v) is 3.21. The van der Waals surface area contributed by atoms with Crippen LogP contribution < -0.4 is 4.31 Å². The van der Waals surface area contributed by atoms with Crippen LogP contribution in [0.1, 0.15) is 32.1 Å². The van der Waals surface area contributed by atoms with Gasteiger partial charge in [-0.05, 0) is 36.9 Å². The van der Waals surface area contributed by atoms with Crippen molar-refractivity contribution in [2.45, 2.75) is 37.4 Å². The molecule has 2 nitrogen and oxygen atoms in total. The van der Waals surface area contributed by atoms with Gasteiger partial charge < -0.3 is 0 Å². The smallest absolute Gasteiger partial charge is 0.224 e. The number of carbonyl (C=O) groups is 1. The molecule has 86 valence electrons. The Labute approximate surface area is 101 Å². The number of hydrogen-bond acceptors (Lipinski definition) is 2. The Morgan fingerprint density at radius 1 is 1.12 bits per heavy atom. The lowest BCUT2D eigenvalue weighted by molar-refractivity contribution is -0.106. The Kier molecular flexibility index (Phi) is 4.28. The third-order valence-corrected chi connectivity index (χ3v) is 4.21. The molecule has 1 fully saturated rings. The van der Waals surface area contributed by atoms with Crippen molar-refractivity contribution in [3.05, 3.63) is 30.3 Å². The second-order valence-corrected chi connectivity index (χ2v) is 5.40. The first-order chi connectivity index (χ1) is 7.90. The molecule has 0 aromatic heterocycles. The molecule has 0 saturated heterocycles. The second kappa shape index (κ2) is 5.94. The van der Waals surface area contributed by atoms with E-state index in [2.05, 4.69) is 0 Å². The summed E-state index contributed by atoms with van der Waals surface area (Å²) in [6.45, 7) is 0. The van der Waals surface area contributed by atoms with Gasteiger partial charge in [0.25, 0.3) is 0 Å². The van der Waals surface area contributed by atoms with Crippen LogP contribution in [0, 0.1) is 0 Å². The molecule has 0 bridgehead atoms. The molecule has 0 unspecified atom stereocenters. The van der Waals surface area contributed by atoms with Gasteiger partial charge in [0.2, 0.25) is 6.41 Å². The summed E-state index contributed by atoms with van der Waals surface area (Å²) in [5.41, 5.74) is 0.980. The largest absolute Gasteiger partial charge is 0.277 e. The number of amides is 1. The minimum Gasteiger partial charge on any atom is -0.277 e. The van der Waals surface area contributed by atoms with E-state index in [1.807, 2.05) is 30.3 Å². The number of nitrogens with zero attached hydrogens (tertiary/aromatic N) is 1. The minimum atomic E-state index is 0.610. The van der Waals surface area contributed by atoms with Crippen molar-refractivity contribution in [3.8, 4) is 0 Å². The monoisotopic (exact) mass is 235 g/mol. The van der Waals surface area contributed by atoms with Crippen LogP contribution in [-0.2, 0) is 4.79 Å². The highest BCUT2D eigenvalue weighted by Crippen LogP contribution is 2.32. The second-order valence-electron chi connectivity index (χ2n) is 4.13. The number of para-hydroxylation sites is 1. The number of rotatable bonds is 4. The van der Waals surface area contributed by atoms with Gasteiger partial charge in [0.05, 0.1) is 5.69 Å². The predicted octanol–water partition coefficient (Wildman–Crippen LogP) is 3.63. The summed E-state index contributed by atoms with van der Waals surface area (Å²) >= 11 is 1.68. The van der Waals surface area contributed by atoms with E-state index in [0.29, 0.717) is 5.25 Å². The molecule has 0 atom stereocenters. The molecular weight excluding hydrogens is 218 g/mol. The molecule has 1 aliphatic rings. The zero-order chi connectivity index (χ0) is 11.2. The first kappa shape index (κ1) is 11.5. The van der Waals surface area contributed by atoms with Crippen molar-refractivity contribution in [1.29, 1.82) is 0 Å². The Morgan fingerprint density at radius 3 is 2.44 bits per heavy atom. The van der Waals surface area contributed by atoms with Crippen molar-refractivity contribution in [3.63, 3.8) is 0 Å². The fraction of sp³-hybridized carbons (Fsp3) is 0.462. The third-order valence-electron chi connectivity index (χ3n) is 2.92. The molecule has 0 heterocycles. The summed E-state index contributed by atoms with van der Waals surface area (Å²) in [7, 11) is 0. The highest BCUT2D eigenvalue weighted by atomic mass is 32.2. The summed E-state index contributed by atoms with van der Waals surface area (Å²) in [4.78, 5) is 11.1. The van der Waals surface area contributed by atoms with Gasteiger partial charge in [-0.1, -0.05) is 37.5 Å². The molecule has 0 N–H and O–H groups in total. The first-order valence-electron chi connectivity index (χ1n) is 5.86. The van der Waals surface area contributed by atoms with Crippen LogP contribution >= 0.6 is 11.9 Å². The summed E-state index contributed by atoms with van der Waals surface area (Å²) in [6, 6.07) is 9.85. The third kappa shape index (κ3) is 3.01. The molecular formula is C13H17NOS. The zero-order valence-corrected chi connectivity index (χ0v) is 10.2. The highest BCUT2D eigenvalue weighted by Gasteiger charge is 2.18. The van der Waals surface area contributed by atoms with E-state index < -0.39 is 0 Å². The lowest BCUT2D eigenvalue weighted by Crippen LogP contribution is -2.19. The Morgan fingerprint density at radius 2 is 1.81 bits per heavy atom. The maximum Gasteiger partial charge on any atom is 0.224 e. The molecule has 1 aliphatic carbocycles. The SMILES string of the molecule is O=CN(SC1CCCCC1)c1ccccc1. The van der Waals surface area contributed by atoms with Crippen LogP contribution in [0.25, 0.3) is 0 Å². The molecule has 0 aliphatic heterocycles. The number of hydrogen-bond donors (Lipinski definition) is 0. The van der Waals surface area contributed by atoms with Gasteiger partial charge in [-0.25, -0.2) is 0 Å². The standard InChI is InChI=1S/C13H17NOS/c15-11-14(12-7-3-1-4-8-12)16-13-9-5-2-6-10-13/h1,3-4,7-8,11,13H,2,5-6,9-10H2. The maximum absolute atomic E-state index is 11.1. The van der Waals surface area contributed by atoms with Crippen LogP contribution in [-0.4, -0.2) is 11.7 Å². The van der Waals surface area contributed by atoms with E-state index in [-0.39, 0.29) is 0 Å². The Hall–Kier alpha value is -0.960. The Bertz CT molecular complexity index is 322. The molecule has 1 aromatic rings. The van der Waals surface area contributed by atoms with E-state index in [9.17, 15) is 4.79 Å². The molecule has 3 heteroatoms. The van der Waals surface area contributed by atoms with Gasteiger partial charge in [0.1, 0.15) is 0 Å². The summed E-state index contributed by atoms with van der Waals surface area (Å²) in [6.07, 6.45) is 7.36. The van der Waals surface area contributed by atoms with Crippen molar-refractivity contribution in [1.82, 2.24) is 0 Å². The summed E-state index contributed by atoms with van der Waals surface area (Å²) in [5, 5.41) is 0.610. The average molecular weight is 235 g/mol. The Balaban J connectivity index is 1.97. The predicted molar refractivity (Wildman–Crippen MR) is 69.4 cm³/mol. The van der Waals surface area contributed by atoms with Crippen LogP contribution in [0.15, 0.2) is 30.3 Å². The normalized spacial score (nSPS) is 17.0. The lowest BCUT2D eigenvalue weighted by atomic mass is 10.0. The van der Waals surface area contributed by atoms with Gasteiger partial charge in [-0.2, -0.15) is 0 Å². The quantitative estimate of drug-likeness (QED) is 0.586. The van der Waals surface area contributed by atoms with Crippen molar-refractivity contribution >= 4 is 24.0 Å². The lowest BCUT2D eigenvalue weighted by Gasteiger charge is -2.25. The van der Waals surface area contributed by atoms with Gasteiger partial charge in [0.15, 0.2) is 0 Å². The number of anilines is 1. The highest BCUT2D eigenvalue weighted by molar-refractivity contribution is 8.01. The number of carbonyl (C=O) groups excluding carboxylic acids is 1. The van der Waals surface area contributed by atoms with Gasteiger partial charge in [-0.3, -0.25) is 9.10 Å². The van der Waals surface area contributed by atoms with E-state index in [1.165, 1.54) is 32.1 Å². The molecule has 0 spiro atoms. The summed E-state index contributed by atoms with van der Waals surface area (Å²) < 4.78 is 1.76. The zero-order valence-electron chi connectivity index (χ0n) is 9.34. The molecule has 0 radical (unpaired) electrons. The topological polar surface area (TPSA) is 20.3 Å². The van der Waals surface area contributed by atoms with Crippen LogP contribution in [0.4, 0.5) is 5.69 Å². The molecule has 2 rings (SSSR count). The number of benzene rings is 1. The minimum absolute atomic E-state index is 0.610. The van der Waals surface area contributed by atoms with Crippen LogP contribution in [0.5, 0.6) is 0 Å². The van der Waals surface area contributed by atoms with Crippen molar-refractivity contribution in [2.75, 3.05) is 4.31 Å². The summed E-state index contributed by atoms with van der Waals surface area (Å²) in [5.74, 6) is 0.